The summed E-state index contributed by atoms with van der Waals surface area (Å²) in [7, 11) is 0. The first-order chi connectivity index (χ1) is 11.7. The Morgan fingerprint density at radius 2 is 1.75 bits per heavy atom. The molecular weight excluding hydrogens is 310 g/mol. The Bertz CT molecular complexity index is 657. The molecule has 128 valence electrons. The number of fused-ring (bicyclic) bond motifs is 1. The van der Waals surface area contributed by atoms with E-state index in [-0.39, 0.29) is 18.5 Å². The van der Waals surface area contributed by atoms with Crippen molar-refractivity contribution in [3.05, 3.63) is 18.2 Å². The van der Waals surface area contributed by atoms with Gasteiger partial charge in [0, 0.05) is 37.9 Å². The van der Waals surface area contributed by atoms with Gasteiger partial charge in [-0.2, -0.15) is 0 Å². The van der Waals surface area contributed by atoms with Gasteiger partial charge in [-0.15, -0.1) is 0 Å². The van der Waals surface area contributed by atoms with Gasteiger partial charge in [0.2, 0.25) is 5.91 Å². The molecule has 1 aromatic carbocycles. The van der Waals surface area contributed by atoms with Gasteiger partial charge in [0.25, 0.3) is 0 Å². The molecular formula is C17H21N3O4. The van der Waals surface area contributed by atoms with Crippen LogP contribution in [0.5, 0.6) is 11.5 Å². The van der Waals surface area contributed by atoms with Crippen LogP contribution in [0.2, 0.25) is 0 Å². The molecule has 0 bridgehead atoms. The average molecular weight is 331 g/mol. The number of anilines is 1. The summed E-state index contributed by atoms with van der Waals surface area (Å²) in [4.78, 5) is 30.1. The van der Waals surface area contributed by atoms with Crippen molar-refractivity contribution in [3.8, 4) is 11.5 Å². The van der Waals surface area contributed by atoms with Crippen LogP contribution in [0, 0.1) is 0 Å². The van der Waals surface area contributed by atoms with E-state index < -0.39 is 0 Å². The minimum atomic E-state index is -0.126. The number of carbonyl (C=O) groups is 2. The number of benzene rings is 1. The zero-order chi connectivity index (χ0) is 16.5. The zero-order valence-corrected chi connectivity index (χ0v) is 13.6. The van der Waals surface area contributed by atoms with E-state index in [1.165, 1.54) is 0 Å². The summed E-state index contributed by atoms with van der Waals surface area (Å²) < 4.78 is 11.1. The summed E-state index contributed by atoms with van der Waals surface area (Å²) in [6.07, 6.45) is 2.12. The summed E-state index contributed by atoms with van der Waals surface area (Å²) in [5.74, 6) is 1.42. The fourth-order valence-corrected chi connectivity index (χ4v) is 3.40. The van der Waals surface area contributed by atoms with E-state index in [0.29, 0.717) is 37.8 Å². The van der Waals surface area contributed by atoms with E-state index >= 15 is 0 Å². The van der Waals surface area contributed by atoms with E-state index in [1.54, 1.807) is 9.80 Å². The van der Waals surface area contributed by atoms with E-state index in [4.69, 9.17) is 9.47 Å². The van der Waals surface area contributed by atoms with E-state index in [9.17, 15) is 9.59 Å². The Morgan fingerprint density at radius 1 is 1.00 bits per heavy atom. The number of rotatable bonds is 3. The smallest absolute Gasteiger partial charge is 0.325 e. The highest BCUT2D eigenvalue weighted by Crippen LogP contribution is 2.35. The van der Waals surface area contributed by atoms with Crippen molar-refractivity contribution in [1.82, 2.24) is 9.80 Å². The van der Waals surface area contributed by atoms with Crippen molar-refractivity contribution in [2.75, 3.05) is 50.8 Å². The van der Waals surface area contributed by atoms with Crippen molar-refractivity contribution in [1.29, 1.82) is 0 Å². The average Bonchev–Trinajstić information content (AvgIpc) is 3.25. The molecule has 4 rings (SSSR count). The number of likely N-dealkylation sites (tertiary alicyclic amines) is 1. The molecule has 2 saturated heterocycles. The molecule has 3 amide bonds. The van der Waals surface area contributed by atoms with Crippen molar-refractivity contribution >= 4 is 17.6 Å². The zero-order valence-electron chi connectivity index (χ0n) is 13.6. The minimum Gasteiger partial charge on any atom is -0.486 e. The molecule has 3 aliphatic rings. The molecule has 0 radical (unpaired) electrons. The third-order valence-corrected chi connectivity index (χ3v) is 4.72. The maximum atomic E-state index is 12.6. The maximum Gasteiger partial charge on any atom is 0.325 e. The van der Waals surface area contributed by atoms with Crippen molar-refractivity contribution < 1.29 is 19.1 Å². The van der Waals surface area contributed by atoms with Gasteiger partial charge in [0.05, 0.1) is 0 Å². The van der Waals surface area contributed by atoms with Crippen LogP contribution in [-0.4, -0.2) is 67.7 Å². The Balaban J connectivity index is 1.44. The molecule has 2 fully saturated rings. The van der Waals surface area contributed by atoms with E-state index in [2.05, 4.69) is 0 Å². The lowest BCUT2D eigenvalue weighted by atomic mass is 10.2. The second-order valence-electron chi connectivity index (χ2n) is 6.27. The lowest BCUT2D eigenvalue weighted by Gasteiger charge is -2.23. The van der Waals surface area contributed by atoms with Gasteiger partial charge in [-0.3, -0.25) is 9.69 Å². The molecule has 1 aromatic rings. The lowest BCUT2D eigenvalue weighted by Crippen LogP contribution is -2.41. The predicted molar refractivity (Wildman–Crippen MR) is 87.6 cm³/mol. The highest BCUT2D eigenvalue weighted by atomic mass is 16.6. The summed E-state index contributed by atoms with van der Waals surface area (Å²) >= 11 is 0. The van der Waals surface area contributed by atoms with Crippen LogP contribution in [0.4, 0.5) is 10.5 Å². The number of nitrogens with zero attached hydrogens (tertiary/aromatic N) is 3. The van der Waals surface area contributed by atoms with Crippen LogP contribution in [-0.2, 0) is 4.79 Å². The quantitative estimate of drug-likeness (QED) is 0.838. The van der Waals surface area contributed by atoms with Gasteiger partial charge in [-0.25, -0.2) is 4.79 Å². The largest absolute Gasteiger partial charge is 0.486 e. The molecule has 0 unspecified atom stereocenters. The van der Waals surface area contributed by atoms with Gasteiger partial charge in [0.15, 0.2) is 11.5 Å². The topological polar surface area (TPSA) is 62.3 Å². The fourth-order valence-electron chi connectivity index (χ4n) is 3.40. The SMILES string of the molecule is O=C(CN1CCN(c2ccc3c(c2)OCCO3)C1=O)N1CCCC1. The monoisotopic (exact) mass is 331 g/mol. The first kappa shape index (κ1) is 15.1. The molecule has 0 aliphatic carbocycles. The highest BCUT2D eigenvalue weighted by molar-refractivity contribution is 5.96. The molecule has 3 heterocycles. The van der Waals surface area contributed by atoms with Gasteiger partial charge in [-0.05, 0) is 25.0 Å². The molecule has 7 nitrogen and oxygen atoms in total. The van der Waals surface area contributed by atoms with Crippen LogP contribution in [0.3, 0.4) is 0 Å². The van der Waals surface area contributed by atoms with Gasteiger partial charge >= 0.3 is 6.03 Å². The second-order valence-corrected chi connectivity index (χ2v) is 6.27. The van der Waals surface area contributed by atoms with E-state index in [1.807, 2.05) is 23.1 Å². The summed E-state index contributed by atoms with van der Waals surface area (Å²) in [5.41, 5.74) is 0.778. The first-order valence-corrected chi connectivity index (χ1v) is 8.46. The highest BCUT2D eigenvalue weighted by Gasteiger charge is 2.33. The molecule has 24 heavy (non-hydrogen) atoms. The third-order valence-electron chi connectivity index (χ3n) is 4.72. The fraction of sp³-hybridized carbons (Fsp3) is 0.529. The summed E-state index contributed by atoms with van der Waals surface area (Å²) in [6, 6.07) is 5.39. The van der Waals surface area contributed by atoms with Crippen molar-refractivity contribution in [2.45, 2.75) is 12.8 Å². The lowest BCUT2D eigenvalue weighted by molar-refractivity contribution is -0.130. The Kier molecular flexibility index (Phi) is 3.92. The molecule has 0 N–H and O–H groups in total. The van der Waals surface area contributed by atoms with Gasteiger partial charge in [-0.1, -0.05) is 0 Å². The normalized spacial score (nSPS) is 20.0. The number of hydrogen-bond acceptors (Lipinski definition) is 4. The van der Waals surface area contributed by atoms with Gasteiger partial charge in [0.1, 0.15) is 19.8 Å². The number of carbonyl (C=O) groups excluding carboxylic acids is 2. The molecule has 0 aromatic heterocycles. The first-order valence-electron chi connectivity index (χ1n) is 8.46. The Hall–Kier alpha value is -2.44. The van der Waals surface area contributed by atoms with Crippen LogP contribution in [0.25, 0.3) is 0 Å². The number of amides is 3. The molecule has 3 aliphatic heterocycles. The number of urea groups is 1. The van der Waals surface area contributed by atoms with Crippen LogP contribution in [0.15, 0.2) is 18.2 Å². The summed E-state index contributed by atoms with van der Waals surface area (Å²) in [5, 5.41) is 0. The maximum absolute atomic E-state index is 12.6. The van der Waals surface area contributed by atoms with Crippen molar-refractivity contribution in [2.24, 2.45) is 0 Å². The second kappa shape index (κ2) is 6.22. The van der Waals surface area contributed by atoms with Crippen molar-refractivity contribution in [3.63, 3.8) is 0 Å². The minimum absolute atomic E-state index is 0.0462. The van der Waals surface area contributed by atoms with Crippen LogP contribution in [0.1, 0.15) is 12.8 Å². The van der Waals surface area contributed by atoms with Crippen LogP contribution < -0.4 is 14.4 Å². The molecule has 0 saturated carbocycles. The van der Waals surface area contributed by atoms with E-state index in [0.717, 1.165) is 31.6 Å². The molecule has 0 spiro atoms. The van der Waals surface area contributed by atoms with Gasteiger partial charge < -0.3 is 19.3 Å². The number of ether oxygens (including phenoxy) is 2. The number of hydrogen-bond donors (Lipinski definition) is 0. The Labute approximate surface area is 140 Å². The molecule has 7 heteroatoms. The molecule has 0 atom stereocenters. The Morgan fingerprint density at radius 3 is 2.54 bits per heavy atom. The third kappa shape index (κ3) is 2.74. The predicted octanol–water partition coefficient (Wildman–Crippen LogP) is 1.32. The standard InChI is InChI=1S/C17H21N3O4/c21-16(18-5-1-2-6-18)12-19-7-8-20(17(19)22)13-3-4-14-15(11-13)24-10-9-23-14/h3-4,11H,1-2,5-10,12H2. The van der Waals surface area contributed by atoms with Crippen LogP contribution >= 0.6 is 0 Å². The summed E-state index contributed by atoms with van der Waals surface area (Å²) in [6.45, 7) is 3.99.